The maximum Gasteiger partial charge on any atom is 0.274 e. The second-order valence-corrected chi connectivity index (χ2v) is 15.3. The molecule has 0 aromatic heterocycles. The van der Waals surface area contributed by atoms with E-state index in [4.69, 9.17) is 27.6 Å². The molecule has 5 rings (SSSR count). The Morgan fingerprint density at radius 1 is 0.730 bits per heavy atom. The van der Waals surface area contributed by atoms with Crippen molar-refractivity contribution < 1.29 is 47.6 Å². The summed E-state index contributed by atoms with van der Waals surface area (Å²) in [6.45, 7) is 10.2. The van der Waals surface area contributed by atoms with Crippen LogP contribution in [0.4, 0.5) is 0 Å². The standard InChI is InChI=1S/C25H32O10P2/c1-15-10-30-16-6-8-18(36(28)31-11-24(2,3)12-32-36)22(26)20(16)21-17(35-15)7-9-19(23(21)27)37(29)33-13-25(4,5)14-34-37/h6-9,15,26-27H,10-14H2,1-5H3/t15-/m0/s1. The molecule has 1 atom stereocenters. The maximum absolute atomic E-state index is 13.6. The van der Waals surface area contributed by atoms with E-state index in [0.29, 0.717) is 0 Å². The van der Waals surface area contributed by atoms with Crippen LogP contribution in [0.3, 0.4) is 0 Å². The second-order valence-electron chi connectivity index (χ2n) is 11.3. The van der Waals surface area contributed by atoms with E-state index in [1.807, 2.05) is 27.7 Å². The van der Waals surface area contributed by atoms with Crippen molar-refractivity contribution in [1.29, 1.82) is 0 Å². The Morgan fingerprint density at radius 2 is 1.14 bits per heavy atom. The molecule has 0 radical (unpaired) electrons. The first kappa shape index (κ1) is 26.9. The van der Waals surface area contributed by atoms with Crippen LogP contribution in [0.25, 0.3) is 11.1 Å². The molecule has 0 unspecified atom stereocenters. The summed E-state index contributed by atoms with van der Waals surface area (Å²) in [5.74, 6) is -0.507. The van der Waals surface area contributed by atoms with E-state index in [-0.39, 0.29) is 77.1 Å². The van der Waals surface area contributed by atoms with E-state index in [2.05, 4.69) is 0 Å². The van der Waals surface area contributed by atoms with Gasteiger partial charge in [-0.3, -0.25) is 0 Å². The highest BCUT2D eigenvalue weighted by atomic mass is 31.2. The number of ether oxygens (including phenoxy) is 2. The van der Waals surface area contributed by atoms with Gasteiger partial charge in [0.25, 0.3) is 15.9 Å². The van der Waals surface area contributed by atoms with Gasteiger partial charge in [-0.05, 0) is 31.2 Å². The van der Waals surface area contributed by atoms with Gasteiger partial charge in [0, 0.05) is 10.8 Å². The lowest BCUT2D eigenvalue weighted by Crippen LogP contribution is -2.39. The minimum absolute atomic E-state index is 0.00889. The summed E-state index contributed by atoms with van der Waals surface area (Å²) in [5, 5.41) is 22.8. The van der Waals surface area contributed by atoms with Gasteiger partial charge in [0.05, 0.1) is 11.1 Å². The van der Waals surface area contributed by atoms with Gasteiger partial charge in [0.15, 0.2) is 22.1 Å². The summed E-state index contributed by atoms with van der Waals surface area (Å²) in [7, 11) is -7.79. The lowest BCUT2D eigenvalue weighted by molar-refractivity contribution is -0.228. The van der Waals surface area contributed by atoms with E-state index >= 15 is 0 Å². The lowest BCUT2D eigenvalue weighted by atomic mass is 9.97. The van der Waals surface area contributed by atoms with Crippen LogP contribution in [-0.4, -0.2) is 49.4 Å². The molecule has 3 aliphatic rings. The van der Waals surface area contributed by atoms with Crippen molar-refractivity contribution in [3.8, 4) is 34.1 Å². The predicted molar refractivity (Wildman–Crippen MR) is 135 cm³/mol. The van der Waals surface area contributed by atoms with Crippen molar-refractivity contribution in [2.75, 3.05) is 33.0 Å². The van der Waals surface area contributed by atoms with Gasteiger partial charge < -0.3 is 29.5 Å². The smallest absolute Gasteiger partial charge is 0.274 e. The van der Waals surface area contributed by atoms with E-state index in [9.17, 15) is 20.0 Å². The third kappa shape index (κ3) is 4.90. The number of hydrogen-bond acceptors (Lipinski definition) is 10. The molecule has 0 bridgehead atoms. The Kier molecular flexibility index (Phi) is 6.66. The first-order valence-corrected chi connectivity index (χ1v) is 15.1. The summed E-state index contributed by atoms with van der Waals surface area (Å²) in [5.41, 5.74) is -0.676. The van der Waals surface area contributed by atoms with Gasteiger partial charge in [-0.25, -0.2) is 18.1 Å². The molecule has 0 amide bonds. The topological polar surface area (TPSA) is 142 Å². The highest BCUT2D eigenvalue weighted by Gasteiger charge is 2.48. The first-order chi connectivity index (χ1) is 17.2. The highest BCUT2D eigenvalue weighted by molar-refractivity contribution is 7.67. The van der Waals surface area contributed by atoms with Crippen LogP contribution in [0, 0.1) is 10.8 Å². The quantitative estimate of drug-likeness (QED) is 0.532. The largest absolute Gasteiger partial charge is 0.627 e. The minimum atomic E-state index is -3.90. The van der Waals surface area contributed by atoms with Gasteiger partial charge in [-0.15, -0.1) is 0 Å². The fraction of sp³-hybridized carbons (Fsp3) is 0.520. The Hall–Kier alpha value is -1.74. The maximum atomic E-state index is 13.6. The SMILES string of the molecule is C[C@H]1COc2ccc([P+]3([O-])OCC(C)(C)CO3)c(O)c2-c2c(ccc([P+]3([O-])OCC(C)(C)CO3)c2O)O1. The lowest BCUT2D eigenvalue weighted by Gasteiger charge is -2.38. The van der Waals surface area contributed by atoms with Crippen molar-refractivity contribution in [2.45, 2.75) is 40.7 Å². The molecule has 2 N–H and O–H groups in total. The summed E-state index contributed by atoms with van der Waals surface area (Å²) in [6, 6.07) is 5.92. The van der Waals surface area contributed by atoms with Crippen molar-refractivity contribution >= 4 is 26.5 Å². The van der Waals surface area contributed by atoms with Crippen molar-refractivity contribution in [3.63, 3.8) is 0 Å². The number of benzene rings is 2. The molecule has 2 fully saturated rings. The molecule has 0 saturated carbocycles. The van der Waals surface area contributed by atoms with Crippen LogP contribution < -0.4 is 29.9 Å². The Labute approximate surface area is 217 Å². The van der Waals surface area contributed by atoms with E-state index in [0.717, 1.165) is 0 Å². The minimum Gasteiger partial charge on any atom is -0.627 e. The zero-order chi connectivity index (χ0) is 26.8. The Morgan fingerprint density at radius 3 is 1.59 bits per heavy atom. The molecule has 10 nitrogen and oxygen atoms in total. The zero-order valence-electron chi connectivity index (χ0n) is 21.5. The van der Waals surface area contributed by atoms with Crippen molar-refractivity contribution in [2.24, 2.45) is 10.8 Å². The molecule has 0 spiro atoms. The third-order valence-electron chi connectivity index (χ3n) is 6.38. The molecule has 3 aliphatic heterocycles. The Bertz CT molecular complexity index is 1190. The second kappa shape index (κ2) is 9.18. The molecule has 2 aromatic rings. The van der Waals surface area contributed by atoms with Crippen LogP contribution >= 0.6 is 15.9 Å². The summed E-state index contributed by atoms with van der Waals surface area (Å²) in [4.78, 5) is 27.3. The molecular weight excluding hydrogens is 522 g/mol. The monoisotopic (exact) mass is 554 g/mol. The van der Waals surface area contributed by atoms with Crippen molar-refractivity contribution in [1.82, 2.24) is 0 Å². The average Bonchev–Trinajstić information content (AvgIpc) is 2.82. The van der Waals surface area contributed by atoms with Gasteiger partial charge in [0.1, 0.15) is 50.6 Å². The molecule has 3 heterocycles. The number of aromatic hydroxyl groups is 2. The van der Waals surface area contributed by atoms with Gasteiger partial charge >= 0.3 is 0 Å². The van der Waals surface area contributed by atoms with Gasteiger partial charge in [-0.1, -0.05) is 27.7 Å². The fourth-order valence-electron chi connectivity index (χ4n) is 4.20. The normalized spacial score (nSPS) is 25.4. The first-order valence-electron chi connectivity index (χ1n) is 12.0. The van der Waals surface area contributed by atoms with E-state index < -0.39 is 33.5 Å². The van der Waals surface area contributed by atoms with Crippen LogP contribution in [-0.2, 0) is 18.1 Å². The number of phenols is 2. The Balaban J connectivity index is 1.66. The number of fused-ring (bicyclic) bond motifs is 3. The fourth-order valence-corrected chi connectivity index (χ4v) is 8.24. The van der Waals surface area contributed by atoms with Gasteiger partial charge in [-0.2, -0.15) is 0 Å². The molecule has 37 heavy (non-hydrogen) atoms. The summed E-state index contributed by atoms with van der Waals surface area (Å²) >= 11 is 0. The summed E-state index contributed by atoms with van der Waals surface area (Å²) in [6.07, 6.45) is -0.413. The van der Waals surface area contributed by atoms with Crippen molar-refractivity contribution in [3.05, 3.63) is 24.3 Å². The number of rotatable bonds is 2. The molecule has 2 aromatic carbocycles. The third-order valence-corrected chi connectivity index (χ3v) is 10.2. The summed E-state index contributed by atoms with van der Waals surface area (Å²) < 4.78 is 34.4. The predicted octanol–water partition coefficient (Wildman–Crippen LogP) is 2.57. The average molecular weight is 554 g/mol. The van der Waals surface area contributed by atoms with E-state index in [1.54, 1.807) is 6.92 Å². The van der Waals surface area contributed by atoms with Crippen LogP contribution in [0.1, 0.15) is 34.6 Å². The van der Waals surface area contributed by atoms with Crippen LogP contribution in [0.2, 0.25) is 0 Å². The number of phenolic OH excluding ortho intramolecular Hbond substituents is 2. The van der Waals surface area contributed by atoms with Gasteiger partial charge in [0.2, 0.25) is 0 Å². The van der Waals surface area contributed by atoms with Crippen LogP contribution in [0.15, 0.2) is 24.3 Å². The molecular formula is C25H32O10P2. The molecule has 0 aliphatic carbocycles. The molecule has 12 heteroatoms. The van der Waals surface area contributed by atoms with Crippen LogP contribution in [0.5, 0.6) is 23.0 Å². The number of hydrogen-bond donors (Lipinski definition) is 2. The molecule has 2 saturated heterocycles. The van der Waals surface area contributed by atoms with E-state index in [1.165, 1.54) is 24.3 Å². The zero-order valence-corrected chi connectivity index (χ0v) is 23.3. The highest BCUT2D eigenvalue weighted by Crippen LogP contribution is 2.62. The molecule has 202 valence electrons.